The van der Waals surface area contributed by atoms with Gasteiger partial charge >= 0.3 is 6.09 Å². The minimum Gasteiger partial charge on any atom is -0.445 e. The monoisotopic (exact) mass is 357 g/mol. The van der Waals surface area contributed by atoms with Gasteiger partial charge in [-0.15, -0.1) is 0 Å². The molecule has 0 aromatic heterocycles. The fraction of sp³-hybridized carbons (Fsp3) is 0.278. The molecule has 0 radical (unpaired) electrons. The predicted molar refractivity (Wildman–Crippen MR) is 100 cm³/mol. The van der Waals surface area contributed by atoms with E-state index in [1.54, 1.807) is 0 Å². The topological polar surface area (TPSA) is 146 Å². The van der Waals surface area contributed by atoms with E-state index in [9.17, 15) is 9.59 Å². The first-order chi connectivity index (χ1) is 12.5. The second-order valence-corrected chi connectivity index (χ2v) is 5.81. The van der Waals surface area contributed by atoms with Gasteiger partial charge in [-0.1, -0.05) is 36.4 Å². The molecule has 0 saturated carbocycles. The van der Waals surface area contributed by atoms with Crippen LogP contribution in [0.2, 0.25) is 0 Å². The number of carbonyl (C=O) groups is 2. The van der Waals surface area contributed by atoms with Gasteiger partial charge in [0, 0.05) is 6.54 Å². The number of nitrogens with one attached hydrogen (secondary N) is 1. The molecule has 2 aromatic carbocycles. The molecule has 0 aliphatic heterocycles. The first-order valence-corrected chi connectivity index (χ1v) is 8.21. The number of alkyl carbamates (subject to hydrolysis) is 1. The van der Waals surface area contributed by atoms with Crippen LogP contribution >= 0.6 is 0 Å². The van der Waals surface area contributed by atoms with Crippen molar-refractivity contribution in [3.05, 3.63) is 48.0 Å². The Bertz CT molecular complexity index is 802. The summed E-state index contributed by atoms with van der Waals surface area (Å²) in [6.07, 6.45) is 0.108. The molecule has 0 bridgehead atoms. The van der Waals surface area contributed by atoms with E-state index < -0.39 is 18.0 Å². The van der Waals surface area contributed by atoms with E-state index in [4.69, 9.17) is 21.9 Å². The number of rotatable bonds is 8. The molecule has 0 fully saturated rings. The zero-order chi connectivity index (χ0) is 18.9. The van der Waals surface area contributed by atoms with Crippen molar-refractivity contribution in [1.29, 1.82) is 0 Å². The number of fused-ring (bicyclic) bond motifs is 1. The number of amides is 2. The minimum absolute atomic E-state index is 0.0246. The largest absolute Gasteiger partial charge is 0.445 e. The van der Waals surface area contributed by atoms with Crippen LogP contribution in [0.25, 0.3) is 10.8 Å². The molecule has 1 atom stereocenters. The highest BCUT2D eigenvalue weighted by Crippen LogP contribution is 2.16. The maximum Gasteiger partial charge on any atom is 0.408 e. The Kier molecular flexibility index (Phi) is 6.78. The van der Waals surface area contributed by atoms with Gasteiger partial charge < -0.3 is 27.3 Å². The maximum atomic E-state index is 11.9. The molecule has 2 aromatic rings. The van der Waals surface area contributed by atoms with Gasteiger partial charge in [-0.3, -0.25) is 9.79 Å². The Balaban J connectivity index is 1.84. The predicted octanol–water partition coefficient (Wildman–Crippen LogP) is 0.974. The molecular formula is C18H23N5O3. The molecule has 0 spiro atoms. The molecule has 2 rings (SSSR count). The van der Waals surface area contributed by atoms with Crippen LogP contribution in [0.15, 0.2) is 47.5 Å². The summed E-state index contributed by atoms with van der Waals surface area (Å²) in [4.78, 5) is 27.2. The molecule has 0 heterocycles. The first-order valence-electron chi connectivity index (χ1n) is 8.21. The van der Waals surface area contributed by atoms with Crippen molar-refractivity contribution in [2.75, 3.05) is 6.54 Å². The zero-order valence-corrected chi connectivity index (χ0v) is 14.4. The molecule has 26 heavy (non-hydrogen) atoms. The first kappa shape index (κ1) is 19.0. The highest BCUT2D eigenvalue weighted by molar-refractivity contribution is 5.84. The van der Waals surface area contributed by atoms with Gasteiger partial charge in [-0.05, 0) is 35.2 Å². The molecule has 0 saturated heterocycles. The summed E-state index contributed by atoms with van der Waals surface area (Å²) in [6.45, 7) is 0.441. The molecule has 2 amide bonds. The molecular weight excluding hydrogens is 334 g/mol. The summed E-state index contributed by atoms with van der Waals surface area (Å²) in [5.41, 5.74) is 16.6. The summed E-state index contributed by atoms with van der Waals surface area (Å²) < 4.78 is 5.18. The summed E-state index contributed by atoms with van der Waals surface area (Å²) >= 11 is 0. The van der Waals surface area contributed by atoms with E-state index >= 15 is 0 Å². The molecule has 0 aliphatic rings. The number of hydrogen-bond acceptors (Lipinski definition) is 4. The van der Waals surface area contributed by atoms with E-state index in [-0.39, 0.29) is 12.6 Å². The van der Waals surface area contributed by atoms with Gasteiger partial charge in [0.2, 0.25) is 5.91 Å². The number of aliphatic imine (C=N–C) groups is 1. The fourth-order valence-corrected chi connectivity index (χ4v) is 2.45. The van der Waals surface area contributed by atoms with E-state index in [0.717, 1.165) is 16.3 Å². The third-order valence-corrected chi connectivity index (χ3v) is 3.76. The lowest BCUT2D eigenvalue weighted by atomic mass is 10.1. The van der Waals surface area contributed by atoms with E-state index in [0.29, 0.717) is 19.4 Å². The Morgan fingerprint density at radius 2 is 1.81 bits per heavy atom. The highest BCUT2D eigenvalue weighted by atomic mass is 16.5. The lowest BCUT2D eigenvalue weighted by molar-refractivity contribution is -0.120. The van der Waals surface area contributed by atoms with Crippen molar-refractivity contribution in [2.24, 2.45) is 22.2 Å². The number of benzene rings is 2. The number of guanidine groups is 1. The Morgan fingerprint density at radius 3 is 2.50 bits per heavy atom. The average molecular weight is 357 g/mol. The number of primary amides is 1. The fourth-order valence-electron chi connectivity index (χ4n) is 2.45. The molecule has 8 heteroatoms. The number of nitrogens with two attached hydrogens (primary N) is 3. The Morgan fingerprint density at radius 1 is 1.08 bits per heavy atom. The van der Waals surface area contributed by atoms with Gasteiger partial charge in [0.1, 0.15) is 12.6 Å². The number of carbonyl (C=O) groups excluding carboxylic acids is 2. The maximum absolute atomic E-state index is 11.9. The quantitative estimate of drug-likeness (QED) is 0.316. The zero-order valence-electron chi connectivity index (χ0n) is 14.4. The molecule has 138 valence electrons. The third kappa shape index (κ3) is 5.97. The SMILES string of the molecule is NC(=O)[C@H](CCCN=C(N)N)NC(=O)OCc1ccc2ccccc2c1. The standard InChI is InChI=1S/C18H23N5O3/c19-16(24)15(6-3-9-22-17(20)21)23-18(25)26-11-12-7-8-13-4-1-2-5-14(13)10-12/h1-2,4-5,7-8,10,15H,3,6,9,11H2,(H2,19,24)(H,23,25)(H4,20,21,22)/t15-/m0/s1. The van der Waals surface area contributed by atoms with E-state index in [1.165, 1.54) is 0 Å². The van der Waals surface area contributed by atoms with Crippen LogP contribution in [0.1, 0.15) is 18.4 Å². The highest BCUT2D eigenvalue weighted by Gasteiger charge is 2.18. The van der Waals surface area contributed by atoms with Gasteiger partial charge in [-0.2, -0.15) is 0 Å². The van der Waals surface area contributed by atoms with Crippen LogP contribution in [0.5, 0.6) is 0 Å². The van der Waals surface area contributed by atoms with Crippen LogP contribution in [-0.4, -0.2) is 30.5 Å². The smallest absolute Gasteiger partial charge is 0.408 e. The summed E-state index contributed by atoms with van der Waals surface area (Å²) in [5.74, 6) is -0.666. The lowest BCUT2D eigenvalue weighted by Gasteiger charge is -2.15. The molecule has 7 N–H and O–H groups in total. The Labute approximate surface area is 151 Å². The summed E-state index contributed by atoms with van der Waals surface area (Å²) in [5, 5.41) is 4.63. The number of nitrogens with zero attached hydrogens (tertiary/aromatic N) is 1. The van der Waals surface area contributed by atoms with Crippen LogP contribution in [-0.2, 0) is 16.1 Å². The van der Waals surface area contributed by atoms with Crippen molar-refractivity contribution in [1.82, 2.24) is 5.32 Å². The van der Waals surface area contributed by atoms with Crippen molar-refractivity contribution < 1.29 is 14.3 Å². The van der Waals surface area contributed by atoms with Gasteiger partial charge in [0.25, 0.3) is 0 Å². The van der Waals surface area contributed by atoms with E-state index in [2.05, 4.69) is 10.3 Å². The summed E-state index contributed by atoms with van der Waals surface area (Å²) in [7, 11) is 0. The van der Waals surface area contributed by atoms with Crippen LogP contribution in [0, 0.1) is 0 Å². The second-order valence-electron chi connectivity index (χ2n) is 5.81. The third-order valence-electron chi connectivity index (χ3n) is 3.76. The van der Waals surface area contributed by atoms with Crippen molar-refractivity contribution in [2.45, 2.75) is 25.5 Å². The minimum atomic E-state index is -0.840. The van der Waals surface area contributed by atoms with Gasteiger partial charge in [0.15, 0.2) is 5.96 Å². The average Bonchev–Trinajstić information content (AvgIpc) is 2.62. The van der Waals surface area contributed by atoms with E-state index in [1.807, 2.05) is 42.5 Å². The molecule has 0 aliphatic carbocycles. The normalized spacial score (nSPS) is 11.5. The van der Waals surface area contributed by atoms with Crippen LogP contribution in [0.4, 0.5) is 4.79 Å². The second kappa shape index (κ2) is 9.26. The van der Waals surface area contributed by atoms with Gasteiger partial charge in [0.05, 0.1) is 0 Å². The molecule has 0 unspecified atom stereocenters. The van der Waals surface area contributed by atoms with Crippen molar-refractivity contribution >= 4 is 28.7 Å². The van der Waals surface area contributed by atoms with Crippen LogP contribution in [0.3, 0.4) is 0 Å². The van der Waals surface area contributed by atoms with Crippen molar-refractivity contribution in [3.63, 3.8) is 0 Å². The van der Waals surface area contributed by atoms with Gasteiger partial charge in [-0.25, -0.2) is 4.79 Å². The van der Waals surface area contributed by atoms with Crippen LogP contribution < -0.4 is 22.5 Å². The summed E-state index contributed by atoms with van der Waals surface area (Å²) in [6, 6.07) is 12.9. The number of ether oxygens (including phenoxy) is 1. The lowest BCUT2D eigenvalue weighted by Crippen LogP contribution is -2.44. The van der Waals surface area contributed by atoms with Crippen molar-refractivity contribution in [3.8, 4) is 0 Å². The number of hydrogen-bond donors (Lipinski definition) is 4. The molecule has 8 nitrogen and oxygen atoms in total. The Hall–Kier alpha value is -3.29.